The molecular formula is C23H22FNO4. The Balaban J connectivity index is 2.03. The van der Waals surface area contributed by atoms with E-state index in [4.69, 9.17) is 9.84 Å². The van der Waals surface area contributed by atoms with Crippen LogP contribution in [0.15, 0.2) is 54.6 Å². The lowest BCUT2D eigenvalue weighted by Crippen LogP contribution is -2.15. The van der Waals surface area contributed by atoms with Crippen LogP contribution in [0, 0.1) is 19.7 Å². The van der Waals surface area contributed by atoms with Crippen molar-refractivity contribution in [2.24, 2.45) is 0 Å². The lowest BCUT2D eigenvalue weighted by molar-refractivity contribution is -0.139. The van der Waals surface area contributed by atoms with E-state index in [1.54, 1.807) is 30.3 Å². The fraction of sp³-hybridized carbons (Fsp3) is 0.174. The van der Waals surface area contributed by atoms with E-state index in [2.05, 4.69) is 0 Å². The first-order valence-electron chi connectivity index (χ1n) is 9.05. The molecule has 0 atom stereocenters. The molecule has 0 saturated carbocycles. The van der Waals surface area contributed by atoms with Crippen LogP contribution in [0.5, 0.6) is 11.5 Å². The van der Waals surface area contributed by atoms with Gasteiger partial charge in [0.2, 0.25) is 0 Å². The number of benzene rings is 3. The molecule has 0 unspecified atom stereocenters. The smallest absolute Gasteiger partial charge is 0.341 e. The molecule has 0 spiro atoms. The van der Waals surface area contributed by atoms with Crippen LogP contribution < -0.4 is 9.64 Å². The number of halogens is 1. The Kier molecular flexibility index (Phi) is 5.73. The van der Waals surface area contributed by atoms with Crippen molar-refractivity contribution in [3.05, 3.63) is 71.5 Å². The molecule has 3 rings (SSSR count). The van der Waals surface area contributed by atoms with Crippen molar-refractivity contribution < 1.29 is 24.1 Å². The molecule has 0 fully saturated rings. The van der Waals surface area contributed by atoms with Gasteiger partial charge in [-0.1, -0.05) is 18.2 Å². The molecule has 0 heterocycles. The fourth-order valence-electron chi connectivity index (χ4n) is 3.38. The summed E-state index contributed by atoms with van der Waals surface area (Å²) < 4.78 is 19.0. The summed E-state index contributed by atoms with van der Waals surface area (Å²) in [5, 5.41) is 19.1. The minimum absolute atomic E-state index is 0.0576. The minimum Gasteiger partial charge on any atom is -0.508 e. The fourth-order valence-corrected chi connectivity index (χ4v) is 3.38. The predicted octanol–water partition coefficient (Wildman–Crippen LogP) is 5.05. The van der Waals surface area contributed by atoms with Crippen LogP contribution in [0.3, 0.4) is 0 Å². The first-order chi connectivity index (χ1) is 13.8. The number of phenolic OH excluding ortho intramolecular Hbond substituents is 1. The van der Waals surface area contributed by atoms with E-state index in [0.717, 1.165) is 16.8 Å². The van der Waals surface area contributed by atoms with Crippen LogP contribution in [-0.2, 0) is 4.79 Å². The van der Waals surface area contributed by atoms with E-state index in [-0.39, 0.29) is 11.6 Å². The van der Waals surface area contributed by atoms with Gasteiger partial charge in [0.25, 0.3) is 0 Å². The molecule has 0 aromatic heterocycles. The van der Waals surface area contributed by atoms with Gasteiger partial charge >= 0.3 is 5.97 Å². The zero-order valence-electron chi connectivity index (χ0n) is 16.4. The quantitative estimate of drug-likeness (QED) is 0.611. The number of anilines is 2. The number of carboxylic acid groups (broad SMARTS) is 1. The molecule has 6 heteroatoms. The molecule has 0 amide bonds. The number of aryl methyl sites for hydroxylation is 1. The normalized spacial score (nSPS) is 10.6. The maximum absolute atomic E-state index is 13.6. The van der Waals surface area contributed by atoms with Gasteiger partial charge in [-0.2, -0.15) is 0 Å². The average molecular weight is 395 g/mol. The van der Waals surface area contributed by atoms with Crippen molar-refractivity contribution >= 4 is 17.3 Å². The SMILES string of the molecule is Cc1ccc(OCC(=O)O)c(C)c1N(C)c1cc(O)cc(-c2cccc(F)c2)c1. The first kappa shape index (κ1) is 20.2. The van der Waals surface area contributed by atoms with Crippen LogP contribution in [-0.4, -0.2) is 29.8 Å². The van der Waals surface area contributed by atoms with Gasteiger partial charge in [0.1, 0.15) is 17.3 Å². The lowest BCUT2D eigenvalue weighted by atomic mass is 10.0. The van der Waals surface area contributed by atoms with Crippen molar-refractivity contribution in [3.8, 4) is 22.6 Å². The van der Waals surface area contributed by atoms with Gasteiger partial charge in [-0.15, -0.1) is 0 Å². The third-order valence-corrected chi connectivity index (χ3v) is 4.72. The number of ether oxygens (including phenoxy) is 1. The Morgan fingerprint density at radius 1 is 1.07 bits per heavy atom. The molecule has 3 aromatic rings. The van der Waals surface area contributed by atoms with Crippen LogP contribution in [0.4, 0.5) is 15.8 Å². The molecular weight excluding hydrogens is 373 g/mol. The number of rotatable bonds is 6. The summed E-state index contributed by atoms with van der Waals surface area (Å²) in [5.74, 6) is -0.865. The van der Waals surface area contributed by atoms with E-state index in [9.17, 15) is 14.3 Å². The van der Waals surface area contributed by atoms with Crippen LogP contribution >= 0.6 is 0 Å². The van der Waals surface area contributed by atoms with Crippen molar-refractivity contribution in [1.29, 1.82) is 0 Å². The number of phenols is 1. The summed E-state index contributed by atoms with van der Waals surface area (Å²) in [5.41, 5.74) is 4.62. The Labute approximate surface area is 168 Å². The average Bonchev–Trinajstić information content (AvgIpc) is 2.66. The Morgan fingerprint density at radius 2 is 1.83 bits per heavy atom. The van der Waals surface area contributed by atoms with E-state index in [1.807, 2.05) is 37.9 Å². The highest BCUT2D eigenvalue weighted by atomic mass is 19.1. The molecule has 0 aliphatic rings. The summed E-state index contributed by atoms with van der Waals surface area (Å²) in [6.45, 7) is 3.37. The number of carbonyl (C=O) groups is 1. The van der Waals surface area contributed by atoms with E-state index in [0.29, 0.717) is 22.6 Å². The van der Waals surface area contributed by atoms with Crippen molar-refractivity contribution in [1.82, 2.24) is 0 Å². The molecule has 0 aliphatic carbocycles. The summed E-state index contributed by atoms with van der Waals surface area (Å²) in [6.07, 6.45) is 0. The van der Waals surface area contributed by atoms with Crippen LogP contribution in [0.1, 0.15) is 11.1 Å². The van der Waals surface area contributed by atoms with E-state index >= 15 is 0 Å². The predicted molar refractivity (Wildman–Crippen MR) is 111 cm³/mol. The number of nitrogens with zero attached hydrogens (tertiary/aromatic N) is 1. The second kappa shape index (κ2) is 8.22. The summed E-state index contributed by atoms with van der Waals surface area (Å²) in [7, 11) is 1.85. The van der Waals surface area contributed by atoms with Crippen molar-refractivity contribution in [2.75, 3.05) is 18.6 Å². The molecule has 0 radical (unpaired) electrons. The zero-order valence-corrected chi connectivity index (χ0v) is 16.4. The molecule has 150 valence electrons. The number of carboxylic acids is 1. The highest BCUT2D eigenvalue weighted by molar-refractivity contribution is 5.77. The Hall–Kier alpha value is -3.54. The molecule has 29 heavy (non-hydrogen) atoms. The monoisotopic (exact) mass is 395 g/mol. The topological polar surface area (TPSA) is 70.0 Å². The Morgan fingerprint density at radius 3 is 2.52 bits per heavy atom. The molecule has 0 saturated heterocycles. The highest BCUT2D eigenvalue weighted by Gasteiger charge is 2.16. The van der Waals surface area contributed by atoms with Gasteiger partial charge in [0.05, 0.1) is 5.69 Å². The summed E-state index contributed by atoms with van der Waals surface area (Å²) in [6, 6.07) is 14.8. The summed E-state index contributed by atoms with van der Waals surface area (Å²) in [4.78, 5) is 12.7. The number of aromatic hydroxyl groups is 1. The van der Waals surface area contributed by atoms with Gasteiger partial charge in [-0.05, 0) is 60.9 Å². The maximum Gasteiger partial charge on any atom is 0.341 e. The number of hydrogen-bond acceptors (Lipinski definition) is 4. The van der Waals surface area contributed by atoms with Crippen molar-refractivity contribution in [2.45, 2.75) is 13.8 Å². The molecule has 0 bridgehead atoms. The number of aliphatic carboxylic acids is 1. The molecule has 2 N–H and O–H groups in total. The zero-order chi connectivity index (χ0) is 21.1. The third kappa shape index (κ3) is 4.48. The summed E-state index contributed by atoms with van der Waals surface area (Å²) >= 11 is 0. The Bertz CT molecular complexity index is 1060. The van der Waals surface area contributed by atoms with E-state index in [1.165, 1.54) is 12.1 Å². The first-order valence-corrected chi connectivity index (χ1v) is 9.05. The van der Waals surface area contributed by atoms with Crippen LogP contribution in [0.25, 0.3) is 11.1 Å². The van der Waals surface area contributed by atoms with Gasteiger partial charge in [-0.3, -0.25) is 0 Å². The second-order valence-electron chi connectivity index (χ2n) is 6.84. The van der Waals surface area contributed by atoms with Gasteiger partial charge in [-0.25, -0.2) is 9.18 Å². The molecule has 3 aromatic carbocycles. The largest absolute Gasteiger partial charge is 0.508 e. The van der Waals surface area contributed by atoms with Crippen molar-refractivity contribution in [3.63, 3.8) is 0 Å². The second-order valence-corrected chi connectivity index (χ2v) is 6.84. The van der Waals surface area contributed by atoms with Gasteiger partial charge in [0, 0.05) is 24.4 Å². The number of hydrogen-bond donors (Lipinski definition) is 2. The van der Waals surface area contributed by atoms with Crippen LogP contribution in [0.2, 0.25) is 0 Å². The minimum atomic E-state index is -1.05. The van der Waals surface area contributed by atoms with Gasteiger partial charge < -0.3 is 19.8 Å². The highest BCUT2D eigenvalue weighted by Crippen LogP contribution is 2.38. The lowest BCUT2D eigenvalue weighted by Gasteiger charge is -2.26. The maximum atomic E-state index is 13.6. The third-order valence-electron chi connectivity index (χ3n) is 4.72. The standard InChI is InChI=1S/C23H22FNO4/c1-14-7-8-21(29-13-22(27)28)15(2)23(14)25(3)19-10-17(11-20(26)12-19)16-5-4-6-18(24)9-16/h4-12,26H,13H2,1-3H3,(H,27,28). The molecule has 0 aliphatic heterocycles. The molecule has 5 nitrogen and oxygen atoms in total. The van der Waals surface area contributed by atoms with E-state index < -0.39 is 12.6 Å². The van der Waals surface area contributed by atoms with Gasteiger partial charge in [0.15, 0.2) is 6.61 Å².